The van der Waals surface area contributed by atoms with Crippen molar-refractivity contribution in [1.82, 2.24) is 9.97 Å². The normalized spacial score (nSPS) is 12.5. The zero-order valence-electron chi connectivity index (χ0n) is 13.7. The summed E-state index contributed by atoms with van der Waals surface area (Å²) in [5.41, 5.74) is 1.34. The van der Waals surface area contributed by atoms with Crippen molar-refractivity contribution in [3.8, 4) is 0 Å². The van der Waals surface area contributed by atoms with Crippen LogP contribution in [0, 0.1) is 0 Å². The van der Waals surface area contributed by atoms with Crippen LogP contribution in [-0.2, 0) is 4.74 Å². The Hall–Kier alpha value is -2.56. The summed E-state index contributed by atoms with van der Waals surface area (Å²) < 4.78 is 5.37. The molecule has 5 nitrogen and oxygen atoms in total. The van der Waals surface area contributed by atoms with Gasteiger partial charge in [-0.25, -0.2) is 9.78 Å². The average molecular weight is 312 g/mol. The fraction of sp³-hybridized carbons (Fsp3) is 0.333. The summed E-state index contributed by atoms with van der Waals surface area (Å²) in [6.45, 7) is 7.32. The molecular formula is C18H20N2O3. The molecule has 1 unspecified atom stereocenters. The highest BCUT2D eigenvalue weighted by atomic mass is 16.6. The minimum absolute atomic E-state index is 0.141. The highest BCUT2D eigenvalue weighted by molar-refractivity contribution is 5.91. The third-order valence-electron chi connectivity index (χ3n) is 3.20. The van der Waals surface area contributed by atoms with E-state index in [1.807, 2.05) is 25.1 Å². The lowest BCUT2D eigenvalue weighted by Crippen LogP contribution is -2.24. The first-order chi connectivity index (χ1) is 10.8. The predicted molar refractivity (Wildman–Crippen MR) is 86.5 cm³/mol. The standard InChI is InChI=1S/C18H20N2O3/c1-12(15-7-5-6-8-19-15)16-10-13(9-14(11-21)20-16)17(22)23-18(2,3)4/h5-12H,1-4H3. The van der Waals surface area contributed by atoms with Gasteiger partial charge >= 0.3 is 5.97 Å². The number of hydrogen-bond acceptors (Lipinski definition) is 5. The first kappa shape index (κ1) is 16.8. The van der Waals surface area contributed by atoms with Crippen molar-refractivity contribution >= 4 is 12.3 Å². The van der Waals surface area contributed by atoms with E-state index in [4.69, 9.17) is 4.74 Å². The smallest absolute Gasteiger partial charge is 0.338 e. The van der Waals surface area contributed by atoms with Crippen molar-refractivity contribution in [2.75, 3.05) is 0 Å². The van der Waals surface area contributed by atoms with Crippen LogP contribution in [0.5, 0.6) is 0 Å². The van der Waals surface area contributed by atoms with Crippen LogP contribution in [-0.4, -0.2) is 27.8 Å². The van der Waals surface area contributed by atoms with Crippen LogP contribution in [0.2, 0.25) is 0 Å². The molecule has 23 heavy (non-hydrogen) atoms. The van der Waals surface area contributed by atoms with Gasteiger partial charge in [-0.2, -0.15) is 0 Å². The molecule has 2 rings (SSSR count). The van der Waals surface area contributed by atoms with Gasteiger partial charge in [-0.1, -0.05) is 13.0 Å². The Morgan fingerprint density at radius 3 is 2.52 bits per heavy atom. The van der Waals surface area contributed by atoms with E-state index in [-0.39, 0.29) is 11.6 Å². The third-order valence-corrected chi connectivity index (χ3v) is 3.20. The van der Waals surface area contributed by atoms with E-state index < -0.39 is 11.6 Å². The minimum atomic E-state index is -0.603. The van der Waals surface area contributed by atoms with Crippen LogP contribution in [0.25, 0.3) is 0 Å². The number of hydrogen-bond donors (Lipinski definition) is 0. The molecule has 2 aromatic rings. The second-order valence-electron chi connectivity index (χ2n) is 6.30. The number of ether oxygens (including phenoxy) is 1. The van der Waals surface area contributed by atoms with Gasteiger partial charge in [0.05, 0.1) is 11.3 Å². The number of nitrogens with zero attached hydrogens (tertiary/aromatic N) is 2. The van der Waals surface area contributed by atoms with Gasteiger partial charge < -0.3 is 4.74 Å². The van der Waals surface area contributed by atoms with Crippen molar-refractivity contribution < 1.29 is 14.3 Å². The molecule has 2 aromatic heterocycles. The number of carbonyl (C=O) groups is 2. The Balaban J connectivity index is 2.39. The Bertz CT molecular complexity index is 706. The highest BCUT2D eigenvalue weighted by Gasteiger charge is 2.21. The lowest BCUT2D eigenvalue weighted by atomic mass is 10.00. The SMILES string of the molecule is CC(c1ccccn1)c1cc(C(=O)OC(C)(C)C)cc(C=O)n1. The summed E-state index contributed by atoms with van der Waals surface area (Å²) in [5.74, 6) is -0.616. The molecule has 120 valence electrons. The van der Waals surface area contributed by atoms with E-state index in [0.717, 1.165) is 5.69 Å². The molecular weight excluding hydrogens is 292 g/mol. The Labute approximate surface area is 135 Å². The highest BCUT2D eigenvalue weighted by Crippen LogP contribution is 2.23. The van der Waals surface area contributed by atoms with Crippen molar-refractivity contribution in [3.05, 3.63) is 59.2 Å². The Kier molecular flexibility index (Phi) is 4.89. The molecule has 0 radical (unpaired) electrons. The van der Waals surface area contributed by atoms with Crippen LogP contribution in [0.15, 0.2) is 36.5 Å². The van der Waals surface area contributed by atoms with Crippen LogP contribution in [0.3, 0.4) is 0 Å². The van der Waals surface area contributed by atoms with Gasteiger partial charge in [0, 0.05) is 17.8 Å². The van der Waals surface area contributed by atoms with Gasteiger partial charge in [-0.05, 0) is 45.0 Å². The van der Waals surface area contributed by atoms with E-state index in [9.17, 15) is 9.59 Å². The molecule has 0 N–H and O–H groups in total. The Morgan fingerprint density at radius 1 is 1.22 bits per heavy atom. The maximum atomic E-state index is 12.3. The topological polar surface area (TPSA) is 69.2 Å². The molecule has 5 heteroatoms. The first-order valence-electron chi connectivity index (χ1n) is 7.41. The molecule has 0 spiro atoms. The second-order valence-corrected chi connectivity index (χ2v) is 6.30. The fourth-order valence-electron chi connectivity index (χ4n) is 2.09. The first-order valence-corrected chi connectivity index (χ1v) is 7.41. The van der Waals surface area contributed by atoms with E-state index in [1.54, 1.807) is 33.0 Å². The molecule has 0 aliphatic rings. The minimum Gasteiger partial charge on any atom is -0.456 e. The molecule has 0 bridgehead atoms. The predicted octanol–water partition coefficient (Wildman–Crippen LogP) is 3.40. The van der Waals surface area contributed by atoms with Gasteiger partial charge in [0.25, 0.3) is 0 Å². The lowest BCUT2D eigenvalue weighted by molar-refractivity contribution is 0.00692. The van der Waals surface area contributed by atoms with Crippen molar-refractivity contribution in [3.63, 3.8) is 0 Å². The molecule has 2 heterocycles. The second kappa shape index (κ2) is 6.69. The molecule has 0 aliphatic carbocycles. The number of aldehydes is 1. The van der Waals surface area contributed by atoms with Gasteiger partial charge in [0.1, 0.15) is 11.3 Å². The maximum absolute atomic E-state index is 12.3. The average Bonchev–Trinajstić information content (AvgIpc) is 2.53. The lowest BCUT2D eigenvalue weighted by Gasteiger charge is -2.20. The maximum Gasteiger partial charge on any atom is 0.338 e. The van der Waals surface area contributed by atoms with Crippen molar-refractivity contribution in [2.45, 2.75) is 39.2 Å². The number of rotatable bonds is 4. The monoisotopic (exact) mass is 312 g/mol. The number of aromatic nitrogens is 2. The number of esters is 1. The van der Waals surface area contributed by atoms with Gasteiger partial charge in [-0.3, -0.25) is 9.78 Å². The third kappa shape index (κ3) is 4.45. The summed E-state index contributed by atoms with van der Waals surface area (Å²) >= 11 is 0. The molecule has 0 amide bonds. The summed E-state index contributed by atoms with van der Waals surface area (Å²) in [6, 6.07) is 8.69. The van der Waals surface area contributed by atoms with Crippen molar-refractivity contribution in [2.24, 2.45) is 0 Å². The van der Waals surface area contributed by atoms with Gasteiger partial charge in [0.15, 0.2) is 6.29 Å². The number of pyridine rings is 2. The van der Waals surface area contributed by atoms with E-state index in [0.29, 0.717) is 17.5 Å². The zero-order valence-corrected chi connectivity index (χ0v) is 13.7. The van der Waals surface area contributed by atoms with Crippen LogP contribution >= 0.6 is 0 Å². The zero-order chi connectivity index (χ0) is 17.0. The summed E-state index contributed by atoms with van der Waals surface area (Å²) in [5, 5.41) is 0. The van der Waals surface area contributed by atoms with Gasteiger partial charge in [-0.15, -0.1) is 0 Å². The van der Waals surface area contributed by atoms with Crippen LogP contribution in [0.4, 0.5) is 0 Å². The molecule has 1 atom stereocenters. The van der Waals surface area contributed by atoms with Crippen molar-refractivity contribution in [1.29, 1.82) is 0 Å². The van der Waals surface area contributed by atoms with E-state index >= 15 is 0 Å². The van der Waals surface area contributed by atoms with Gasteiger partial charge in [0.2, 0.25) is 0 Å². The molecule has 0 saturated carbocycles. The van der Waals surface area contributed by atoms with Crippen LogP contribution in [0.1, 0.15) is 65.8 Å². The Morgan fingerprint density at radius 2 is 1.96 bits per heavy atom. The van der Waals surface area contributed by atoms with Crippen LogP contribution < -0.4 is 0 Å². The summed E-state index contributed by atoms with van der Waals surface area (Å²) in [4.78, 5) is 32.0. The number of carbonyl (C=O) groups excluding carboxylic acids is 2. The fourth-order valence-corrected chi connectivity index (χ4v) is 2.09. The summed E-state index contributed by atoms with van der Waals surface area (Å²) in [7, 11) is 0. The van der Waals surface area contributed by atoms with E-state index in [2.05, 4.69) is 9.97 Å². The molecule has 0 saturated heterocycles. The largest absolute Gasteiger partial charge is 0.456 e. The van der Waals surface area contributed by atoms with E-state index in [1.165, 1.54) is 6.07 Å². The molecule has 0 fully saturated rings. The molecule has 0 aliphatic heterocycles. The summed E-state index contributed by atoms with van der Waals surface area (Å²) in [6.07, 6.45) is 2.33. The molecule has 0 aromatic carbocycles. The quantitative estimate of drug-likeness (QED) is 0.639.